The molecule has 1 atom stereocenters. The van der Waals surface area contributed by atoms with E-state index in [-0.39, 0.29) is 11.7 Å². The first kappa shape index (κ1) is 12.4. The largest absolute Gasteiger partial charge is 0.323 e. The van der Waals surface area contributed by atoms with E-state index >= 15 is 0 Å². The predicted molar refractivity (Wildman–Crippen MR) is 86.8 cm³/mol. The molecule has 0 aliphatic heterocycles. The second-order valence-corrected chi connectivity index (χ2v) is 5.96. The minimum absolute atomic E-state index is 0.197. The van der Waals surface area contributed by atoms with Gasteiger partial charge in [0.05, 0.1) is 17.1 Å². The van der Waals surface area contributed by atoms with Gasteiger partial charge in [-0.1, -0.05) is 24.3 Å². The molecule has 0 aliphatic carbocycles. The topological polar surface area (TPSA) is 74.7 Å². The third-order valence-corrected chi connectivity index (χ3v) is 4.73. The van der Waals surface area contributed by atoms with E-state index in [2.05, 4.69) is 27.5 Å². The molecule has 4 N–H and O–H groups in total. The van der Waals surface area contributed by atoms with E-state index in [1.807, 2.05) is 30.3 Å². The fraction of sp³-hybridized carbons (Fsp3) is 0.0625. The summed E-state index contributed by atoms with van der Waals surface area (Å²) < 4.78 is 1.24. The zero-order valence-electron chi connectivity index (χ0n) is 11.1. The molecule has 2 aromatic heterocycles. The molecule has 0 spiro atoms. The lowest BCUT2D eigenvalue weighted by Gasteiger charge is -2.11. The molecule has 104 valence electrons. The highest BCUT2D eigenvalue weighted by atomic mass is 32.1. The highest BCUT2D eigenvalue weighted by Gasteiger charge is 2.14. The number of benzene rings is 2. The quantitative estimate of drug-likeness (QED) is 0.531. The molecule has 2 heterocycles. The van der Waals surface area contributed by atoms with Crippen molar-refractivity contribution in [2.24, 2.45) is 5.73 Å². The molecular weight excluding hydrogens is 282 g/mol. The Morgan fingerprint density at radius 2 is 1.86 bits per heavy atom. The van der Waals surface area contributed by atoms with Crippen molar-refractivity contribution < 1.29 is 0 Å². The Morgan fingerprint density at radius 3 is 2.76 bits per heavy atom. The number of H-pyrrole nitrogens is 2. The average molecular weight is 295 g/mol. The lowest BCUT2D eigenvalue weighted by molar-refractivity contribution is 0.886. The van der Waals surface area contributed by atoms with Crippen LogP contribution in [0.25, 0.3) is 21.1 Å². The van der Waals surface area contributed by atoms with Crippen LogP contribution in [0.2, 0.25) is 0 Å². The maximum absolute atomic E-state index is 11.3. The number of aromatic nitrogens is 2. The zero-order chi connectivity index (χ0) is 14.4. The van der Waals surface area contributed by atoms with Crippen LogP contribution in [0.3, 0.4) is 0 Å². The third kappa shape index (κ3) is 1.98. The van der Waals surface area contributed by atoms with Gasteiger partial charge in [0.25, 0.3) is 0 Å². The van der Waals surface area contributed by atoms with Crippen LogP contribution in [0.1, 0.15) is 17.2 Å². The van der Waals surface area contributed by atoms with E-state index in [4.69, 9.17) is 5.73 Å². The second kappa shape index (κ2) is 4.58. The van der Waals surface area contributed by atoms with Gasteiger partial charge in [0.15, 0.2) is 0 Å². The average Bonchev–Trinajstić information content (AvgIpc) is 3.07. The number of nitrogens with two attached hydrogens (primary N) is 1. The number of thiophene rings is 1. The summed E-state index contributed by atoms with van der Waals surface area (Å²) in [6.07, 6.45) is 0. The van der Waals surface area contributed by atoms with Crippen molar-refractivity contribution in [3.8, 4) is 0 Å². The highest BCUT2D eigenvalue weighted by Crippen LogP contribution is 2.32. The van der Waals surface area contributed by atoms with Crippen LogP contribution in [-0.4, -0.2) is 9.97 Å². The molecule has 21 heavy (non-hydrogen) atoms. The number of aromatic amines is 2. The molecule has 0 radical (unpaired) electrons. The fourth-order valence-electron chi connectivity index (χ4n) is 2.66. The van der Waals surface area contributed by atoms with Gasteiger partial charge in [0.1, 0.15) is 0 Å². The number of hydrogen-bond donors (Lipinski definition) is 3. The monoisotopic (exact) mass is 295 g/mol. The molecule has 5 heteroatoms. The number of rotatable bonds is 2. The molecule has 0 aliphatic rings. The van der Waals surface area contributed by atoms with Gasteiger partial charge in [0, 0.05) is 4.70 Å². The van der Waals surface area contributed by atoms with Gasteiger partial charge in [-0.05, 0) is 40.1 Å². The summed E-state index contributed by atoms with van der Waals surface area (Å²) in [6, 6.07) is 13.8. The van der Waals surface area contributed by atoms with Gasteiger partial charge in [-0.25, -0.2) is 4.79 Å². The van der Waals surface area contributed by atoms with Crippen molar-refractivity contribution >= 4 is 32.5 Å². The summed E-state index contributed by atoms with van der Waals surface area (Å²) in [5.74, 6) is 0. The van der Waals surface area contributed by atoms with Crippen LogP contribution in [-0.2, 0) is 0 Å². The summed E-state index contributed by atoms with van der Waals surface area (Å²) in [6.45, 7) is 0. The molecular formula is C16H13N3OS. The summed E-state index contributed by atoms with van der Waals surface area (Å²) in [7, 11) is 0. The van der Waals surface area contributed by atoms with E-state index in [0.29, 0.717) is 0 Å². The van der Waals surface area contributed by atoms with E-state index in [9.17, 15) is 4.79 Å². The molecule has 4 rings (SSSR count). The molecule has 0 fully saturated rings. The van der Waals surface area contributed by atoms with Gasteiger partial charge >= 0.3 is 5.69 Å². The Kier molecular flexibility index (Phi) is 2.70. The molecule has 0 bridgehead atoms. The molecule has 0 saturated carbocycles. The predicted octanol–water partition coefficient (Wildman–Crippen LogP) is 3.12. The first-order valence-electron chi connectivity index (χ1n) is 6.66. The molecule has 0 saturated heterocycles. The zero-order valence-corrected chi connectivity index (χ0v) is 11.9. The number of imidazole rings is 1. The Morgan fingerprint density at radius 1 is 1.05 bits per heavy atom. The Bertz CT molecular complexity index is 995. The van der Waals surface area contributed by atoms with Crippen molar-refractivity contribution in [1.82, 2.24) is 9.97 Å². The maximum atomic E-state index is 11.3. The number of fused-ring (bicyclic) bond motifs is 2. The lowest BCUT2D eigenvalue weighted by Crippen LogP contribution is -2.11. The third-order valence-electron chi connectivity index (χ3n) is 3.75. The summed E-state index contributed by atoms with van der Waals surface area (Å²) in [5, 5.41) is 3.30. The van der Waals surface area contributed by atoms with E-state index in [1.165, 1.54) is 10.1 Å². The molecule has 2 aromatic carbocycles. The Balaban J connectivity index is 1.85. The smallest absolute Gasteiger partial charge is 0.320 e. The Hall–Kier alpha value is -2.37. The molecule has 0 amide bonds. The minimum atomic E-state index is -0.205. The van der Waals surface area contributed by atoms with Crippen molar-refractivity contribution in [2.75, 3.05) is 0 Å². The highest BCUT2D eigenvalue weighted by molar-refractivity contribution is 7.17. The van der Waals surface area contributed by atoms with Crippen molar-refractivity contribution in [3.05, 3.63) is 69.5 Å². The summed E-state index contributed by atoms with van der Waals surface area (Å²) in [5.41, 5.74) is 9.92. The summed E-state index contributed by atoms with van der Waals surface area (Å²) >= 11 is 1.70. The second-order valence-electron chi connectivity index (χ2n) is 5.05. The van der Waals surface area contributed by atoms with E-state index < -0.39 is 0 Å². The van der Waals surface area contributed by atoms with Crippen molar-refractivity contribution in [1.29, 1.82) is 0 Å². The van der Waals surface area contributed by atoms with Gasteiger partial charge in [-0.15, -0.1) is 11.3 Å². The van der Waals surface area contributed by atoms with Gasteiger partial charge in [-0.2, -0.15) is 0 Å². The van der Waals surface area contributed by atoms with Crippen molar-refractivity contribution in [3.63, 3.8) is 0 Å². The van der Waals surface area contributed by atoms with Crippen LogP contribution < -0.4 is 11.4 Å². The van der Waals surface area contributed by atoms with Crippen LogP contribution in [0.5, 0.6) is 0 Å². The van der Waals surface area contributed by atoms with Gasteiger partial charge in [0.2, 0.25) is 0 Å². The lowest BCUT2D eigenvalue weighted by atomic mass is 9.99. The van der Waals surface area contributed by atoms with Gasteiger partial charge in [-0.3, -0.25) is 0 Å². The maximum Gasteiger partial charge on any atom is 0.323 e. The van der Waals surface area contributed by atoms with Crippen LogP contribution in [0, 0.1) is 0 Å². The SMILES string of the molecule is NC(c1ccc2[nH]c(=O)[nH]c2c1)c1csc2ccccc12. The van der Waals surface area contributed by atoms with Crippen LogP contribution in [0.4, 0.5) is 0 Å². The van der Waals surface area contributed by atoms with Gasteiger partial charge < -0.3 is 15.7 Å². The molecule has 1 unspecified atom stereocenters. The van der Waals surface area contributed by atoms with E-state index in [1.54, 1.807) is 11.3 Å². The number of nitrogens with one attached hydrogen (secondary N) is 2. The molecule has 4 aromatic rings. The normalized spacial score (nSPS) is 13.0. The van der Waals surface area contributed by atoms with Crippen LogP contribution >= 0.6 is 11.3 Å². The first-order chi connectivity index (χ1) is 10.2. The van der Waals surface area contributed by atoms with E-state index in [0.717, 1.165) is 22.2 Å². The Labute approximate surface area is 124 Å². The fourth-order valence-corrected chi connectivity index (χ4v) is 3.66. The van der Waals surface area contributed by atoms with Crippen LogP contribution in [0.15, 0.2) is 52.6 Å². The standard InChI is InChI=1S/C16H13N3OS/c17-15(11-8-21-14-4-2-1-3-10(11)14)9-5-6-12-13(7-9)19-16(20)18-12/h1-8,15H,17H2,(H2,18,19,20). The summed E-state index contributed by atoms with van der Waals surface area (Å²) in [4.78, 5) is 16.8. The number of hydrogen-bond acceptors (Lipinski definition) is 3. The first-order valence-corrected chi connectivity index (χ1v) is 7.54. The minimum Gasteiger partial charge on any atom is -0.320 e. The van der Waals surface area contributed by atoms with Crippen molar-refractivity contribution in [2.45, 2.75) is 6.04 Å². The molecule has 4 nitrogen and oxygen atoms in total.